The largest absolute Gasteiger partial charge is 0.478 e. The Kier molecular flexibility index (Phi) is 3.75. The Balaban J connectivity index is 2.37. The SMILES string of the molecule is O=C(O)c1ccccc1Nc1ccc(Cl)cc1Cl. The summed E-state index contributed by atoms with van der Waals surface area (Å²) >= 11 is 11.8. The molecular weight excluding hydrogens is 273 g/mol. The van der Waals surface area contributed by atoms with Gasteiger partial charge in [-0.25, -0.2) is 4.79 Å². The van der Waals surface area contributed by atoms with Gasteiger partial charge in [-0.2, -0.15) is 0 Å². The van der Waals surface area contributed by atoms with Gasteiger partial charge in [-0.15, -0.1) is 0 Å². The Morgan fingerprint density at radius 3 is 2.44 bits per heavy atom. The molecule has 0 unspecified atom stereocenters. The minimum Gasteiger partial charge on any atom is -0.478 e. The lowest BCUT2D eigenvalue weighted by molar-refractivity contribution is 0.0698. The van der Waals surface area contributed by atoms with Crippen LogP contribution in [0.4, 0.5) is 11.4 Å². The van der Waals surface area contributed by atoms with Crippen LogP contribution in [0.25, 0.3) is 0 Å². The van der Waals surface area contributed by atoms with Gasteiger partial charge < -0.3 is 10.4 Å². The number of carbonyl (C=O) groups is 1. The standard InChI is InChI=1S/C13H9Cl2NO2/c14-8-5-6-12(10(15)7-8)16-11-4-2-1-3-9(11)13(17)18/h1-7,16H,(H,17,18). The summed E-state index contributed by atoms with van der Waals surface area (Å²) in [5.41, 5.74) is 1.27. The third-order valence-electron chi connectivity index (χ3n) is 2.36. The van der Waals surface area contributed by atoms with Crippen LogP contribution < -0.4 is 5.32 Å². The molecule has 0 saturated heterocycles. The van der Waals surface area contributed by atoms with Crippen molar-refractivity contribution in [3.05, 3.63) is 58.1 Å². The number of carboxylic acid groups (broad SMARTS) is 1. The first-order valence-corrected chi connectivity index (χ1v) is 5.88. The lowest BCUT2D eigenvalue weighted by atomic mass is 10.1. The highest BCUT2D eigenvalue weighted by Gasteiger charge is 2.10. The zero-order valence-corrected chi connectivity index (χ0v) is 10.7. The van der Waals surface area contributed by atoms with Crippen LogP contribution in [-0.4, -0.2) is 11.1 Å². The maximum absolute atomic E-state index is 11.1. The predicted octanol–water partition coefficient (Wildman–Crippen LogP) is 4.44. The summed E-state index contributed by atoms with van der Waals surface area (Å²) in [4.78, 5) is 11.1. The fourth-order valence-electron chi connectivity index (χ4n) is 1.51. The third-order valence-corrected chi connectivity index (χ3v) is 2.91. The molecule has 2 aromatic carbocycles. The number of carboxylic acids is 1. The van der Waals surface area contributed by atoms with E-state index < -0.39 is 5.97 Å². The third kappa shape index (κ3) is 2.75. The molecule has 92 valence electrons. The summed E-state index contributed by atoms with van der Waals surface area (Å²) in [6.07, 6.45) is 0. The molecule has 2 N–H and O–H groups in total. The van der Waals surface area contributed by atoms with Gasteiger partial charge in [0.15, 0.2) is 0 Å². The molecule has 0 aliphatic heterocycles. The van der Waals surface area contributed by atoms with Crippen LogP contribution in [0.3, 0.4) is 0 Å². The lowest BCUT2D eigenvalue weighted by Crippen LogP contribution is -2.02. The van der Waals surface area contributed by atoms with Crippen LogP contribution in [0.5, 0.6) is 0 Å². The van der Waals surface area contributed by atoms with Gasteiger partial charge in [0.05, 0.1) is 22.0 Å². The van der Waals surface area contributed by atoms with Crippen molar-refractivity contribution in [1.29, 1.82) is 0 Å². The number of para-hydroxylation sites is 1. The molecule has 0 fully saturated rings. The van der Waals surface area contributed by atoms with Crippen molar-refractivity contribution in [3.8, 4) is 0 Å². The molecule has 0 heterocycles. The lowest BCUT2D eigenvalue weighted by Gasteiger charge is -2.11. The summed E-state index contributed by atoms with van der Waals surface area (Å²) in [7, 11) is 0. The van der Waals surface area contributed by atoms with Gasteiger partial charge in [-0.05, 0) is 30.3 Å². The number of benzene rings is 2. The van der Waals surface area contributed by atoms with Gasteiger partial charge in [0.2, 0.25) is 0 Å². The van der Waals surface area contributed by atoms with Crippen molar-refractivity contribution >= 4 is 40.5 Å². The van der Waals surface area contributed by atoms with Gasteiger partial charge in [-0.3, -0.25) is 0 Å². The Hall–Kier alpha value is -1.71. The summed E-state index contributed by atoms with van der Waals surface area (Å²) in [5, 5.41) is 13.0. The van der Waals surface area contributed by atoms with Crippen LogP contribution in [0, 0.1) is 0 Å². The van der Waals surface area contributed by atoms with E-state index in [2.05, 4.69) is 5.32 Å². The molecule has 0 radical (unpaired) electrons. The first kappa shape index (κ1) is 12.7. The predicted molar refractivity (Wildman–Crippen MR) is 73.1 cm³/mol. The molecule has 0 saturated carbocycles. The molecule has 18 heavy (non-hydrogen) atoms. The molecule has 0 atom stereocenters. The highest BCUT2D eigenvalue weighted by Crippen LogP contribution is 2.29. The maximum atomic E-state index is 11.1. The van der Waals surface area contributed by atoms with Gasteiger partial charge in [0, 0.05) is 5.02 Å². The molecule has 2 rings (SSSR count). The Bertz CT molecular complexity index is 599. The van der Waals surface area contributed by atoms with Gasteiger partial charge >= 0.3 is 5.97 Å². The minimum atomic E-state index is -0.997. The molecule has 0 aliphatic rings. The summed E-state index contributed by atoms with van der Waals surface area (Å²) in [5.74, 6) is -0.997. The highest BCUT2D eigenvalue weighted by atomic mass is 35.5. The average Bonchev–Trinajstić information content (AvgIpc) is 2.33. The molecule has 3 nitrogen and oxygen atoms in total. The van der Waals surface area contributed by atoms with Crippen molar-refractivity contribution < 1.29 is 9.90 Å². The quantitative estimate of drug-likeness (QED) is 0.875. The van der Waals surface area contributed by atoms with E-state index in [9.17, 15) is 4.79 Å². The Labute approximate surface area is 114 Å². The molecule has 0 aliphatic carbocycles. The Morgan fingerprint density at radius 1 is 1.06 bits per heavy atom. The monoisotopic (exact) mass is 281 g/mol. The van der Waals surface area contributed by atoms with Crippen LogP contribution in [0.2, 0.25) is 10.0 Å². The minimum absolute atomic E-state index is 0.184. The van der Waals surface area contributed by atoms with Gasteiger partial charge in [0.25, 0.3) is 0 Å². The topological polar surface area (TPSA) is 49.3 Å². The van der Waals surface area contributed by atoms with Gasteiger partial charge in [0.1, 0.15) is 0 Å². The highest BCUT2D eigenvalue weighted by molar-refractivity contribution is 6.36. The average molecular weight is 282 g/mol. The fraction of sp³-hybridized carbons (Fsp3) is 0. The molecule has 0 amide bonds. The number of hydrogen-bond donors (Lipinski definition) is 2. The van der Waals surface area contributed by atoms with E-state index in [0.29, 0.717) is 21.4 Å². The first-order valence-electron chi connectivity index (χ1n) is 5.12. The van der Waals surface area contributed by atoms with E-state index >= 15 is 0 Å². The van der Waals surface area contributed by atoms with Gasteiger partial charge in [-0.1, -0.05) is 35.3 Å². The number of aromatic carboxylic acids is 1. The van der Waals surface area contributed by atoms with E-state index in [1.54, 1.807) is 36.4 Å². The molecule has 5 heteroatoms. The maximum Gasteiger partial charge on any atom is 0.337 e. The second-order valence-electron chi connectivity index (χ2n) is 3.60. The van der Waals surface area contributed by atoms with E-state index in [1.165, 1.54) is 6.07 Å². The summed E-state index contributed by atoms with van der Waals surface area (Å²) in [6.45, 7) is 0. The van der Waals surface area contributed by atoms with Crippen LogP contribution in [-0.2, 0) is 0 Å². The van der Waals surface area contributed by atoms with Crippen molar-refractivity contribution in [3.63, 3.8) is 0 Å². The van der Waals surface area contributed by atoms with Crippen LogP contribution >= 0.6 is 23.2 Å². The molecule has 0 bridgehead atoms. The second kappa shape index (κ2) is 5.29. The van der Waals surface area contributed by atoms with E-state index in [-0.39, 0.29) is 5.56 Å². The smallest absolute Gasteiger partial charge is 0.337 e. The number of nitrogens with one attached hydrogen (secondary N) is 1. The number of rotatable bonds is 3. The summed E-state index contributed by atoms with van der Waals surface area (Å²) in [6, 6.07) is 11.6. The number of anilines is 2. The first-order chi connectivity index (χ1) is 8.58. The van der Waals surface area contributed by atoms with E-state index in [1.807, 2.05) is 0 Å². The van der Waals surface area contributed by atoms with Crippen LogP contribution in [0.15, 0.2) is 42.5 Å². The number of halogens is 2. The van der Waals surface area contributed by atoms with Crippen molar-refractivity contribution in [2.75, 3.05) is 5.32 Å². The zero-order chi connectivity index (χ0) is 13.1. The van der Waals surface area contributed by atoms with Crippen LogP contribution in [0.1, 0.15) is 10.4 Å². The zero-order valence-electron chi connectivity index (χ0n) is 9.15. The Morgan fingerprint density at radius 2 is 1.78 bits per heavy atom. The molecule has 2 aromatic rings. The van der Waals surface area contributed by atoms with Crippen molar-refractivity contribution in [1.82, 2.24) is 0 Å². The summed E-state index contributed by atoms with van der Waals surface area (Å²) < 4.78 is 0. The molecule has 0 aromatic heterocycles. The normalized spacial score (nSPS) is 10.1. The van der Waals surface area contributed by atoms with Crippen molar-refractivity contribution in [2.24, 2.45) is 0 Å². The number of hydrogen-bond acceptors (Lipinski definition) is 2. The fourth-order valence-corrected chi connectivity index (χ4v) is 1.97. The second-order valence-corrected chi connectivity index (χ2v) is 4.44. The molecule has 0 spiro atoms. The van der Waals surface area contributed by atoms with Crippen molar-refractivity contribution in [2.45, 2.75) is 0 Å². The van der Waals surface area contributed by atoms with E-state index in [0.717, 1.165) is 0 Å². The molecular formula is C13H9Cl2NO2. The van der Waals surface area contributed by atoms with E-state index in [4.69, 9.17) is 28.3 Å².